The number of hydrogen-bond donors (Lipinski definition) is 12. The minimum Gasteiger partial charge on any atom is -0.394 e. The van der Waals surface area contributed by atoms with Crippen molar-refractivity contribution < 1.29 is 89.4 Å². The summed E-state index contributed by atoms with van der Waals surface area (Å²) in [6, 6.07) is -0.996. The average molecular weight is 1390 g/mol. The number of aliphatic hydroxyl groups excluding tert-OH is 11. The molecule has 0 spiro atoms. The summed E-state index contributed by atoms with van der Waals surface area (Å²) in [5.41, 5.74) is 0. The summed E-state index contributed by atoms with van der Waals surface area (Å²) in [5, 5.41) is 121. The van der Waals surface area contributed by atoms with E-state index in [2.05, 4.69) is 116 Å². The van der Waals surface area contributed by atoms with Gasteiger partial charge in [-0.25, -0.2) is 0 Å². The second-order valence-corrected chi connectivity index (χ2v) is 26.7. The molecule has 19 heteroatoms. The van der Waals surface area contributed by atoms with Gasteiger partial charge in [-0.05, 0) is 89.9 Å². The molecule has 19 nitrogen and oxygen atoms in total. The average Bonchev–Trinajstić information content (AvgIpc) is 0.784. The van der Waals surface area contributed by atoms with Crippen molar-refractivity contribution in [2.45, 2.75) is 356 Å². The van der Waals surface area contributed by atoms with Gasteiger partial charge in [-0.3, -0.25) is 4.79 Å². The maximum absolute atomic E-state index is 13.4. The molecule has 3 fully saturated rings. The topological polar surface area (TPSA) is 307 Å². The van der Waals surface area contributed by atoms with Crippen molar-refractivity contribution in [3.63, 3.8) is 0 Å². The van der Waals surface area contributed by atoms with E-state index >= 15 is 0 Å². The molecule has 564 valence electrons. The van der Waals surface area contributed by atoms with Crippen LogP contribution in [0, 0.1) is 0 Å². The van der Waals surface area contributed by atoms with Gasteiger partial charge in [-0.15, -0.1) is 0 Å². The van der Waals surface area contributed by atoms with Gasteiger partial charge in [0.15, 0.2) is 18.9 Å². The number of aliphatic hydroxyl groups is 11. The first-order chi connectivity index (χ1) is 47.8. The Morgan fingerprint density at radius 1 is 0.378 bits per heavy atom. The van der Waals surface area contributed by atoms with E-state index in [-0.39, 0.29) is 18.9 Å². The van der Waals surface area contributed by atoms with Crippen molar-refractivity contribution >= 4 is 5.91 Å². The summed E-state index contributed by atoms with van der Waals surface area (Å²) in [4.78, 5) is 13.4. The maximum atomic E-state index is 13.4. The third-order valence-corrected chi connectivity index (χ3v) is 18.3. The molecule has 12 N–H and O–H groups in total. The summed E-state index contributed by atoms with van der Waals surface area (Å²) >= 11 is 0. The zero-order chi connectivity index (χ0) is 71.1. The molecule has 3 aliphatic rings. The number of hydrogen-bond acceptors (Lipinski definition) is 18. The molecule has 1 amide bonds. The monoisotopic (exact) mass is 1390 g/mol. The molecule has 0 aromatic carbocycles. The number of ether oxygens (including phenoxy) is 6. The first kappa shape index (κ1) is 88.7. The molecule has 0 bridgehead atoms. The molecule has 98 heavy (non-hydrogen) atoms. The summed E-state index contributed by atoms with van der Waals surface area (Å²) in [6.07, 6.45) is 53.6. The van der Waals surface area contributed by atoms with Crippen LogP contribution in [0.4, 0.5) is 0 Å². The van der Waals surface area contributed by atoms with Gasteiger partial charge >= 0.3 is 0 Å². The van der Waals surface area contributed by atoms with Crippen LogP contribution in [0.1, 0.15) is 251 Å². The van der Waals surface area contributed by atoms with Crippen LogP contribution in [0.2, 0.25) is 0 Å². The molecule has 0 aliphatic carbocycles. The molecule has 3 aliphatic heterocycles. The highest BCUT2D eigenvalue weighted by atomic mass is 16.8. The first-order valence-corrected chi connectivity index (χ1v) is 38.1. The van der Waals surface area contributed by atoms with Gasteiger partial charge in [0.05, 0.1) is 38.6 Å². The Morgan fingerprint density at radius 3 is 1.14 bits per heavy atom. The van der Waals surface area contributed by atoms with Gasteiger partial charge in [0, 0.05) is 6.42 Å². The third-order valence-electron chi connectivity index (χ3n) is 18.3. The standard InChI is InChI=1S/C79H135NO18/c1-3-5-7-9-11-13-15-17-19-21-22-23-24-25-26-27-28-29-30-31-32-33-34-35-36-37-38-39-40-41-43-45-47-49-51-53-55-57-67(85)80-62(63(84)56-54-52-50-48-46-44-42-20-18-16-14-12-10-8-6-4-2)61-93-77-73(91)70(88)75(65(59-82)95-77)98-79-74(92)71(89)76(66(60-83)96-79)97-78-72(90)69(87)68(86)64(58-81)94-78/h5,7,11,13,17,19,22-23,25-26,28-29,31-32,46,48,54,56,62-66,68-79,81-84,86-92H,3-4,6,8-10,12,14-16,18,20-21,24,27,30,33-45,47,49-53,55,57-61H2,1-2H3,(H,80,85)/b7-5-,13-11-,19-17-,23-22-,26-25-,29-28-,32-31-,48-46+,56-54+. The number of rotatable bonds is 58. The van der Waals surface area contributed by atoms with Crippen LogP contribution in [0.15, 0.2) is 109 Å². The number of carbonyl (C=O) groups excluding carboxylic acids is 1. The second kappa shape index (κ2) is 58.9. The molecule has 3 saturated heterocycles. The molecule has 3 heterocycles. The van der Waals surface area contributed by atoms with Gasteiger partial charge < -0.3 is 89.9 Å². The van der Waals surface area contributed by atoms with Crippen molar-refractivity contribution in [2.24, 2.45) is 0 Å². The number of unbranched alkanes of at least 4 members (excludes halogenated alkanes) is 26. The Hall–Kier alpha value is -3.55. The largest absolute Gasteiger partial charge is 0.394 e. The van der Waals surface area contributed by atoms with E-state index in [1.54, 1.807) is 6.08 Å². The first-order valence-electron chi connectivity index (χ1n) is 38.1. The number of nitrogens with one attached hydrogen (secondary N) is 1. The smallest absolute Gasteiger partial charge is 0.220 e. The molecule has 17 unspecified atom stereocenters. The van der Waals surface area contributed by atoms with E-state index in [1.165, 1.54) is 128 Å². The number of allylic oxidation sites excluding steroid dienone is 17. The SMILES string of the molecule is CC/C=C\C/C=C\C/C=C\C/C=C\C/C=C\C/C=C\C/C=C\CCCCCCCCCCCCCCCCCC(=O)NC(COC1OC(CO)C(OC2OC(CO)C(OC3OC(CO)C(O)C(O)C3O)C(O)C2O)C(O)C1O)C(O)/C=C/CC/C=C/CCCCCCCCCCCC. The Bertz CT molecular complexity index is 2200. The Labute approximate surface area is 589 Å². The molecule has 0 radical (unpaired) electrons. The lowest BCUT2D eigenvalue weighted by Gasteiger charge is -2.48. The summed E-state index contributed by atoms with van der Waals surface area (Å²) in [7, 11) is 0. The Balaban J connectivity index is 1.35. The van der Waals surface area contributed by atoms with E-state index in [4.69, 9.17) is 28.4 Å². The van der Waals surface area contributed by atoms with E-state index in [0.717, 1.165) is 89.9 Å². The fraction of sp³-hybridized carbons (Fsp3) is 0.759. The quantitative estimate of drug-likeness (QED) is 0.0199. The van der Waals surface area contributed by atoms with E-state index in [9.17, 15) is 61.0 Å². The molecular weight excluding hydrogens is 1250 g/mol. The predicted molar refractivity (Wildman–Crippen MR) is 387 cm³/mol. The zero-order valence-electron chi connectivity index (χ0n) is 60.0. The minimum atomic E-state index is -1.98. The fourth-order valence-electron chi connectivity index (χ4n) is 12.2. The highest BCUT2D eigenvalue weighted by molar-refractivity contribution is 5.76. The molecule has 0 aromatic rings. The maximum Gasteiger partial charge on any atom is 0.220 e. The van der Waals surface area contributed by atoms with Gasteiger partial charge in [0.1, 0.15) is 73.2 Å². The number of amides is 1. The predicted octanol–water partition coefficient (Wildman–Crippen LogP) is 11.8. The van der Waals surface area contributed by atoms with Gasteiger partial charge in [-0.1, -0.05) is 264 Å². The van der Waals surface area contributed by atoms with Gasteiger partial charge in [0.2, 0.25) is 5.91 Å². The van der Waals surface area contributed by atoms with Crippen molar-refractivity contribution in [1.82, 2.24) is 5.32 Å². The van der Waals surface area contributed by atoms with Gasteiger partial charge in [-0.2, -0.15) is 0 Å². The van der Waals surface area contributed by atoms with Crippen LogP contribution < -0.4 is 5.32 Å². The summed E-state index contributed by atoms with van der Waals surface area (Å²) in [5.74, 6) is -0.288. The number of carbonyl (C=O) groups is 1. The van der Waals surface area contributed by atoms with Crippen molar-refractivity contribution in [3.05, 3.63) is 109 Å². The van der Waals surface area contributed by atoms with Crippen molar-refractivity contribution in [2.75, 3.05) is 26.4 Å². The van der Waals surface area contributed by atoms with E-state index < -0.39 is 124 Å². The highest BCUT2D eigenvalue weighted by Crippen LogP contribution is 2.33. The highest BCUT2D eigenvalue weighted by Gasteiger charge is 2.53. The Kier molecular flexibility index (Phi) is 53.3. The second-order valence-electron chi connectivity index (χ2n) is 26.7. The van der Waals surface area contributed by atoms with Crippen LogP contribution in [0.5, 0.6) is 0 Å². The summed E-state index contributed by atoms with van der Waals surface area (Å²) in [6.45, 7) is 1.60. The molecular formula is C79H135NO18. The fourth-order valence-corrected chi connectivity index (χ4v) is 12.2. The van der Waals surface area contributed by atoms with E-state index in [0.29, 0.717) is 12.8 Å². The lowest BCUT2D eigenvalue weighted by atomic mass is 9.96. The lowest BCUT2D eigenvalue weighted by molar-refractivity contribution is -0.379. The van der Waals surface area contributed by atoms with E-state index in [1.807, 2.05) is 6.08 Å². The van der Waals surface area contributed by atoms with Crippen molar-refractivity contribution in [3.8, 4) is 0 Å². The third kappa shape index (κ3) is 39.2. The Morgan fingerprint density at radius 2 is 0.714 bits per heavy atom. The van der Waals surface area contributed by atoms with Crippen LogP contribution in [0.25, 0.3) is 0 Å². The molecule has 0 saturated carbocycles. The zero-order valence-corrected chi connectivity index (χ0v) is 60.0. The molecule has 3 rings (SSSR count). The van der Waals surface area contributed by atoms with Crippen LogP contribution in [-0.2, 0) is 33.2 Å². The van der Waals surface area contributed by atoms with Gasteiger partial charge in [0.25, 0.3) is 0 Å². The molecule has 17 atom stereocenters. The van der Waals surface area contributed by atoms with Crippen LogP contribution in [0.3, 0.4) is 0 Å². The lowest BCUT2D eigenvalue weighted by Crippen LogP contribution is -2.66. The van der Waals surface area contributed by atoms with Crippen molar-refractivity contribution in [1.29, 1.82) is 0 Å². The van der Waals surface area contributed by atoms with Crippen LogP contribution >= 0.6 is 0 Å². The molecule has 0 aromatic heterocycles. The normalized spacial score (nSPS) is 27.4. The summed E-state index contributed by atoms with van der Waals surface area (Å²) < 4.78 is 34.4. The van der Waals surface area contributed by atoms with Crippen LogP contribution in [-0.4, -0.2) is 193 Å². The minimum absolute atomic E-state index is 0.230.